The van der Waals surface area contributed by atoms with E-state index in [0.29, 0.717) is 27.2 Å². The van der Waals surface area contributed by atoms with E-state index in [1.165, 1.54) is 87.6 Å². The van der Waals surface area contributed by atoms with Gasteiger partial charge in [-0.25, -0.2) is 4.90 Å². The maximum atomic E-state index is 14.7. The zero-order valence-corrected chi connectivity index (χ0v) is 29.8. The van der Waals surface area contributed by atoms with E-state index in [4.69, 9.17) is 0 Å². The zero-order valence-electron chi connectivity index (χ0n) is 29.8. The largest absolute Gasteiger partial charge is 0.417 e. The molecule has 2 aliphatic rings. The summed E-state index contributed by atoms with van der Waals surface area (Å²) in [6.45, 7) is 4.23. The van der Waals surface area contributed by atoms with Crippen molar-refractivity contribution in [3.63, 3.8) is 0 Å². The van der Waals surface area contributed by atoms with Crippen LogP contribution in [0.3, 0.4) is 0 Å². The number of Topliss-reactive ketones (excluding diaryl/α,β-unsaturated/α-hetero) is 3. The second-order valence-electron chi connectivity index (χ2n) is 13.5. The summed E-state index contributed by atoms with van der Waals surface area (Å²) >= 11 is 0. The highest BCUT2D eigenvalue weighted by Gasteiger charge is 2.40. The Labute approximate surface area is 312 Å². The van der Waals surface area contributed by atoms with Crippen LogP contribution >= 0.6 is 0 Å². The van der Waals surface area contributed by atoms with Gasteiger partial charge in [0.2, 0.25) is 0 Å². The van der Waals surface area contributed by atoms with Crippen molar-refractivity contribution in [3.05, 3.63) is 147 Å². The lowest BCUT2D eigenvalue weighted by molar-refractivity contribution is -0.137. The Morgan fingerprint density at radius 2 is 1.05 bits per heavy atom. The van der Waals surface area contributed by atoms with Crippen molar-refractivity contribution in [2.75, 3.05) is 11.9 Å². The molecular weight excluding hydrogens is 713 g/mol. The van der Waals surface area contributed by atoms with Gasteiger partial charge in [0.05, 0.1) is 33.5 Å². The van der Waals surface area contributed by atoms with Gasteiger partial charge < -0.3 is 0 Å². The van der Waals surface area contributed by atoms with Crippen LogP contribution in [0.5, 0.6) is 0 Å². The van der Waals surface area contributed by atoms with Gasteiger partial charge in [0.15, 0.2) is 17.3 Å². The molecule has 9 nitrogen and oxygen atoms in total. The zero-order chi connectivity index (χ0) is 39.7. The highest BCUT2D eigenvalue weighted by molar-refractivity contribution is 6.34. The first-order valence-electron chi connectivity index (χ1n) is 17.0. The Morgan fingerprint density at radius 3 is 1.62 bits per heavy atom. The molecule has 4 amide bonds. The number of carbonyl (C=O) groups excluding carboxylic acids is 7. The second kappa shape index (κ2) is 13.2. The molecule has 0 bridgehead atoms. The molecule has 274 valence electrons. The fourth-order valence-electron chi connectivity index (χ4n) is 6.96. The van der Waals surface area contributed by atoms with E-state index in [2.05, 4.69) is 0 Å². The molecule has 0 unspecified atom stereocenters. The highest BCUT2D eigenvalue weighted by Crippen LogP contribution is 2.42. The standard InChI is InChI=1S/C43H29F3N2O7/c1-21-13-24(14-38(51)29-16-27(22(2)49)15-28(17-29)23(3)50)5-9-31(21)32-12-8-30(20-37(32)43(44,45)46)48-41(54)34-11-7-26(19-36(34)42(48)55)25-6-10-33-35(18-25)40(53)47(4)39(33)52/h5-13,15-20H,14H2,1-4H3. The first kappa shape index (κ1) is 36.5. The topological polar surface area (TPSA) is 126 Å². The average Bonchev–Trinajstić information content (AvgIpc) is 3.53. The van der Waals surface area contributed by atoms with Crippen LogP contribution in [0.15, 0.2) is 91.0 Å². The van der Waals surface area contributed by atoms with Gasteiger partial charge in [-0.2, -0.15) is 13.2 Å². The molecule has 0 aromatic heterocycles. The van der Waals surface area contributed by atoms with E-state index in [0.717, 1.165) is 11.0 Å². The molecule has 2 aliphatic heterocycles. The van der Waals surface area contributed by atoms with E-state index >= 15 is 0 Å². The number of alkyl halides is 3. The molecule has 0 atom stereocenters. The van der Waals surface area contributed by atoms with Crippen LogP contribution in [0.2, 0.25) is 0 Å². The lowest BCUT2D eigenvalue weighted by atomic mass is 9.91. The normalized spacial score (nSPS) is 13.7. The van der Waals surface area contributed by atoms with Gasteiger partial charge in [-0.1, -0.05) is 36.4 Å². The third-order valence-electron chi connectivity index (χ3n) is 9.89. The van der Waals surface area contributed by atoms with Gasteiger partial charge in [-0.05, 0) is 109 Å². The SMILES string of the molecule is CC(=O)c1cc(C(C)=O)cc(C(=O)Cc2ccc(-c3ccc(N4C(=O)c5ccc(-c6ccc7c(c6)C(=O)N(C)C7=O)cc5C4=O)cc3C(F)(F)F)c(C)c2)c1. The third kappa shape index (κ3) is 6.35. The second-order valence-corrected chi connectivity index (χ2v) is 13.5. The molecular formula is C43H29F3N2O7. The maximum Gasteiger partial charge on any atom is 0.417 e. The number of halogens is 3. The first-order valence-corrected chi connectivity index (χ1v) is 17.0. The molecule has 5 aromatic carbocycles. The van der Waals surface area contributed by atoms with E-state index in [1.807, 2.05) is 0 Å². The molecule has 55 heavy (non-hydrogen) atoms. The predicted molar refractivity (Wildman–Crippen MR) is 196 cm³/mol. The number of hydrogen-bond donors (Lipinski definition) is 0. The van der Waals surface area contributed by atoms with Gasteiger partial charge >= 0.3 is 6.18 Å². The fourth-order valence-corrected chi connectivity index (χ4v) is 6.96. The number of imide groups is 2. The van der Waals surface area contributed by atoms with E-state index in [-0.39, 0.29) is 73.7 Å². The monoisotopic (exact) mass is 742 g/mol. The van der Waals surface area contributed by atoms with E-state index in [9.17, 15) is 46.7 Å². The Balaban J connectivity index is 1.17. The summed E-state index contributed by atoms with van der Waals surface area (Å²) in [5, 5.41) is 0. The molecule has 0 aliphatic carbocycles. The number of hydrogen-bond acceptors (Lipinski definition) is 7. The molecule has 0 N–H and O–H groups in total. The summed E-state index contributed by atoms with van der Waals surface area (Å²) in [4.78, 5) is 91.0. The number of anilines is 1. The van der Waals surface area contributed by atoms with Crippen molar-refractivity contribution in [1.29, 1.82) is 0 Å². The molecule has 0 spiro atoms. The molecule has 2 heterocycles. The molecule has 0 fully saturated rings. The van der Waals surface area contributed by atoms with Crippen molar-refractivity contribution in [2.24, 2.45) is 0 Å². The van der Waals surface area contributed by atoms with Crippen molar-refractivity contribution in [2.45, 2.75) is 33.4 Å². The lowest BCUT2D eigenvalue weighted by Crippen LogP contribution is -2.29. The first-order chi connectivity index (χ1) is 25.9. The quantitative estimate of drug-likeness (QED) is 0.116. The van der Waals surface area contributed by atoms with Crippen molar-refractivity contribution < 1.29 is 46.7 Å². The summed E-state index contributed by atoms with van der Waals surface area (Å²) in [5.41, 5.74) is 1.44. The number of fused-ring (bicyclic) bond motifs is 2. The summed E-state index contributed by atoms with van der Waals surface area (Å²) in [7, 11) is 1.37. The lowest BCUT2D eigenvalue weighted by Gasteiger charge is -2.20. The summed E-state index contributed by atoms with van der Waals surface area (Å²) < 4.78 is 44.1. The average molecular weight is 743 g/mol. The molecule has 0 saturated carbocycles. The van der Waals surface area contributed by atoms with Crippen LogP contribution in [0.1, 0.15) is 103 Å². The summed E-state index contributed by atoms with van der Waals surface area (Å²) in [5.74, 6) is -3.59. The van der Waals surface area contributed by atoms with E-state index in [1.54, 1.807) is 25.1 Å². The molecule has 0 saturated heterocycles. The van der Waals surface area contributed by atoms with Gasteiger partial charge in [-0.3, -0.25) is 38.5 Å². The number of ketones is 3. The Morgan fingerprint density at radius 1 is 0.564 bits per heavy atom. The highest BCUT2D eigenvalue weighted by atomic mass is 19.4. The van der Waals surface area contributed by atoms with Crippen LogP contribution in [0, 0.1) is 6.92 Å². The Kier molecular flexibility index (Phi) is 8.79. The number of nitrogens with zero attached hydrogens (tertiary/aromatic N) is 2. The third-order valence-corrected chi connectivity index (χ3v) is 9.89. The van der Waals surface area contributed by atoms with Gasteiger partial charge in [0.25, 0.3) is 23.6 Å². The summed E-state index contributed by atoms with van der Waals surface area (Å²) in [6, 6.07) is 21.0. The molecule has 0 radical (unpaired) electrons. The Hall–Kier alpha value is -6.82. The van der Waals surface area contributed by atoms with Gasteiger partial charge in [-0.15, -0.1) is 0 Å². The van der Waals surface area contributed by atoms with Gasteiger partial charge in [0.1, 0.15) is 0 Å². The molecule has 5 aromatic rings. The smallest absolute Gasteiger partial charge is 0.295 e. The minimum absolute atomic E-state index is 0.00921. The van der Waals surface area contributed by atoms with Gasteiger partial charge in [0, 0.05) is 30.2 Å². The number of carbonyl (C=O) groups is 7. The van der Waals surface area contributed by atoms with Crippen molar-refractivity contribution in [3.8, 4) is 22.3 Å². The van der Waals surface area contributed by atoms with Crippen LogP contribution in [-0.2, 0) is 12.6 Å². The minimum Gasteiger partial charge on any atom is -0.295 e. The predicted octanol–water partition coefficient (Wildman–Crippen LogP) is 8.20. The van der Waals surface area contributed by atoms with E-state index < -0.39 is 41.2 Å². The number of aryl methyl sites for hydroxylation is 1. The fraction of sp³-hybridized carbons (Fsp3) is 0.140. The maximum absolute atomic E-state index is 14.7. The minimum atomic E-state index is -4.89. The van der Waals surface area contributed by atoms with Crippen LogP contribution in [0.4, 0.5) is 18.9 Å². The van der Waals surface area contributed by atoms with Crippen LogP contribution in [-0.4, -0.2) is 52.9 Å². The van der Waals surface area contributed by atoms with Crippen LogP contribution < -0.4 is 4.90 Å². The van der Waals surface area contributed by atoms with Crippen molar-refractivity contribution in [1.82, 2.24) is 4.90 Å². The Bertz CT molecular complexity index is 2570. The van der Waals surface area contributed by atoms with Crippen LogP contribution in [0.25, 0.3) is 22.3 Å². The number of rotatable bonds is 8. The number of amides is 4. The van der Waals surface area contributed by atoms with Crippen molar-refractivity contribution >= 4 is 46.7 Å². The molecule has 12 heteroatoms. The molecule has 7 rings (SSSR count). The number of benzene rings is 5. The summed E-state index contributed by atoms with van der Waals surface area (Å²) in [6.07, 6.45) is -5.04.